The second-order valence-corrected chi connectivity index (χ2v) is 1.92. The van der Waals surface area contributed by atoms with Crippen LogP contribution in [0.25, 0.3) is 0 Å². The maximum atomic E-state index is 10.6. The van der Waals surface area contributed by atoms with E-state index in [-0.39, 0.29) is 11.9 Å². The van der Waals surface area contributed by atoms with Gasteiger partial charge < -0.3 is 4.74 Å². The first kappa shape index (κ1) is 8.47. The normalized spacial score (nSPS) is 9.78. The predicted octanol–water partition coefficient (Wildman–Crippen LogP) is 1.22. The zero-order valence-electron chi connectivity index (χ0n) is 5.72. The van der Waals surface area contributed by atoms with Crippen molar-refractivity contribution in [2.24, 2.45) is 5.92 Å². The van der Waals surface area contributed by atoms with Gasteiger partial charge in [-0.25, -0.2) is 0 Å². The lowest BCUT2D eigenvalue weighted by Crippen LogP contribution is -2.11. The Morgan fingerprint density at radius 2 is 2.33 bits per heavy atom. The van der Waals surface area contributed by atoms with Crippen LogP contribution in [-0.4, -0.2) is 12.6 Å². The van der Waals surface area contributed by atoms with Crippen LogP contribution in [0.3, 0.4) is 0 Å². The quantitative estimate of drug-likeness (QED) is 0.534. The van der Waals surface area contributed by atoms with Crippen LogP contribution in [-0.2, 0) is 9.53 Å². The molecule has 52 valence electrons. The molecule has 1 unspecified atom stereocenters. The average Bonchev–Trinajstić information content (AvgIpc) is 1.82. The standard InChI is InChI=1S/C7H12O2/c1-4-5-9-7(8)6(2)3/h6H,1-2,4-5H2,3H3. The number of hydrogen-bond acceptors (Lipinski definition) is 2. The highest BCUT2D eigenvalue weighted by Gasteiger charge is 2.05. The molecule has 2 radical (unpaired) electrons. The third kappa shape index (κ3) is 4.01. The fourth-order valence-electron chi connectivity index (χ4n) is 0.315. The summed E-state index contributed by atoms with van der Waals surface area (Å²) >= 11 is 0. The Morgan fingerprint density at radius 3 is 2.67 bits per heavy atom. The smallest absolute Gasteiger partial charge is 0.308 e. The van der Waals surface area contributed by atoms with Crippen molar-refractivity contribution < 1.29 is 9.53 Å². The van der Waals surface area contributed by atoms with Crippen LogP contribution in [0.4, 0.5) is 0 Å². The van der Waals surface area contributed by atoms with Gasteiger partial charge in [-0.1, -0.05) is 6.92 Å². The van der Waals surface area contributed by atoms with Gasteiger partial charge in [0, 0.05) is 0 Å². The Balaban J connectivity index is 3.28. The molecule has 0 saturated carbocycles. The van der Waals surface area contributed by atoms with Crippen molar-refractivity contribution in [2.45, 2.75) is 13.3 Å². The molecule has 0 saturated heterocycles. The SMILES string of the molecule is [CH2]CCOC(=O)C([CH2])C. The van der Waals surface area contributed by atoms with E-state index in [9.17, 15) is 4.79 Å². The number of carbonyl (C=O) groups is 1. The Morgan fingerprint density at radius 1 is 1.78 bits per heavy atom. The largest absolute Gasteiger partial charge is 0.465 e. The molecule has 0 rings (SSSR count). The highest BCUT2D eigenvalue weighted by molar-refractivity contribution is 5.72. The van der Waals surface area contributed by atoms with Gasteiger partial charge in [-0.05, 0) is 20.3 Å². The molecule has 9 heavy (non-hydrogen) atoms. The first-order valence-electron chi connectivity index (χ1n) is 2.97. The van der Waals surface area contributed by atoms with Crippen LogP contribution in [0.5, 0.6) is 0 Å². The molecule has 0 aromatic rings. The van der Waals surface area contributed by atoms with E-state index in [2.05, 4.69) is 18.6 Å². The first-order valence-corrected chi connectivity index (χ1v) is 2.97. The number of hydrogen-bond donors (Lipinski definition) is 0. The Kier molecular flexibility index (Phi) is 4.10. The van der Waals surface area contributed by atoms with Crippen LogP contribution >= 0.6 is 0 Å². The van der Waals surface area contributed by atoms with E-state index in [0.717, 1.165) is 0 Å². The average molecular weight is 128 g/mol. The molecule has 0 aliphatic carbocycles. The molecule has 1 atom stereocenters. The number of esters is 1. The molecule has 0 aromatic carbocycles. The molecular weight excluding hydrogens is 116 g/mol. The van der Waals surface area contributed by atoms with Gasteiger partial charge >= 0.3 is 5.97 Å². The van der Waals surface area contributed by atoms with Crippen LogP contribution in [0.15, 0.2) is 0 Å². The fourth-order valence-corrected chi connectivity index (χ4v) is 0.315. The van der Waals surface area contributed by atoms with E-state index in [4.69, 9.17) is 0 Å². The summed E-state index contributed by atoms with van der Waals surface area (Å²) in [7, 11) is 0. The van der Waals surface area contributed by atoms with Gasteiger partial charge in [0.25, 0.3) is 0 Å². The summed E-state index contributed by atoms with van der Waals surface area (Å²) in [4.78, 5) is 10.6. The summed E-state index contributed by atoms with van der Waals surface area (Å²) in [5.74, 6) is -0.518. The van der Waals surface area contributed by atoms with Gasteiger partial charge in [-0.15, -0.1) is 0 Å². The number of carbonyl (C=O) groups excluding carboxylic acids is 1. The van der Waals surface area contributed by atoms with Crippen LogP contribution in [0.2, 0.25) is 0 Å². The molecule has 0 spiro atoms. The maximum Gasteiger partial charge on any atom is 0.308 e. The van der Waals surface area contributed by atoms with Crippen LogP contribution in [0.1, 0.15) is 13.3 Å². The lowest BCUT2D eigenvalue weighted by Gasteiger charge is -2.03. The second-order valence-electron chi connectivity index (χ2n) is 1.92. The Labute approximate surface area is 56.2 Å². The van der Waals surface area contributed by atoms with E-state index in [1.54, 1.807) is 6.92 Å². The van der Waals surface area contributed by atoms with Gasteiger partial charge in [0.2, 0.25) is 0 Å². The molecule has 2 heteroatoms. The summed E-state index contributed by atoms with van der Waals surface area (Å²) in [5, 5.41) is 0. The molecule has 0 aliphatic heterocycles. The van der Waals surface area contributed by atoms with E-state index in [0.29, 0.717) is 13.0 Å². The molecule has 0 aromatic heterocycles. The Bertz CT molecular complexity index is 86.9. The molecular formula is C7H12O2. The van der Waals surface area contributed by atoms with Crippen molar-refractivity contribution in [2.75, 3.05) is 6.61 Å². The minimum Gasteiger partial charge on any atom is -0.465 e. The van der Waals surface area contributed by atoms with E-state index in [1.807, 2.05) is 0 Å². The van der Waals surface area contributed by atoms with Crippen molar-refractivity contribution in [1.82, 2.24) is 0 Å². The van der Waals surface area contributed by atoms with Crippen molar-refractivity contribution >= 4 is 5.97 Å². The van der Waals surface area contributed by atoms with Gasteiger partial charge in [-0.2, -0.15) is 0 Å². The number of ether oxygens (including phenoxy) is 1. The summed E-state index contributed by atoms with van der Waals surface area (Å²) in [6, 6.07) is 0. The van der Waals surface area contributed by atoms with Crippen molar-refractivity contribution in [3.63, 3.8) is 0 Å². The van der Waals surface area contributed by atoms with E-state index >= 15 is 0 Å². The summed E-state index contributed by atoms with van der Waals surface area (Å²) < 4.78 is 4.69. The zero-order valence-corrected chi connectivity index (χ0v) is 5.72. The van der Waals surface area contributed by atoms with E-state index in [1.165, 1.54) is 0 Å². The Hall–Kier alpha value is -0.530. The highest BCUT2D eigenvalue weighted by Crippen LogP contribution is 1.94. The minimum atomic E-state index is -0.267. The minimum absolute atomic E-state index is 0.251. The molecule has 0 amide bonds. The lowest BCUT2D eigenvalue weighted by molar-refractivity contribution is -0.146. The van der Waals surface area contributed by atoms with Gasteiger partial charge in [0.1, 0.15) is 0 Å². The fraction of sp³-hybridized carbons (Fsp3) is 0.571. The third-order valence-corrected chi connectivity index (χ3v) is 0.791. The van der Waals surface area contributed by atoms with Crippen LogP contribution < -0.4 is 0 Å². The van der Waals surface area contributed by atoms with Gasteiger partial charge in [0.15, 0.2) is 0 Å². The molecule has 0 bridgehead atoms. The first-order chi connectivity index (χ1) is 4.18. The maximum absolute atomic E-state index is 10.6. The van der Waals surface area contributed by atoms with Crippen molar-refractivity contribution in [3.8, 4) is 0 Å². The third-order valence-electron chi connectivity index (χ3n) is 0.791. The predicted molar refractivity (Wildman–Crippen MR) is 35.5 cm³/mol. The second kappa shape index (κ2) is 4.36. The molecule has 0 aliphatic rings. The lowest BCUT2D eigenvalue weighted by atomic mass is 10.2. The molecule has 0 heterocycles. The van der Waals surface area contributed by atoms with Crippen LogP contribution in [0, 0.1) is 19.8 Å². The summed E-state index contributed by atoms with van der Waals surface area (Å²) in [5.41, 5.74) is 0. The van der Waals surface area contributed by atoms with Crippen molar-refractivity contribution in [1.29, 1.82) is 0 Å². The summed E-state index contributed by atoms with van der Waals surface area (Å²) in [6.07, 6.45) is 0.623. The monoisotopic (exact) mass is 128 g/mol. The molecule has 0 N–H and O–H groups in total. The van der Waals surface area contributed by atoms with E-state index < -0.39 is 0 Å². The number of rotatable bonds is 3. The molecule has 2 nitrogen and oxygen atoms in total. The topological polar surface area (TPSA) is 26.3 Å². The van der Waals surface area contributed by atoms with Gasteiger partial charge in [0.05, 0.1) is 12.5 Å². The van der Waals surface area contributed by atoms with Gasteiger partial charge in [-0.3, -0.25) is 4.79 Å². The zero-order chi connectivity index (χ0) is 7.28. The molecule has 0 fully saturated rings. The summed E-state index contributed by atoms with van der Waals surface area (Å²) in [6.45, 7) is 9.12. The highest BCUT2D eigenvalue weighted by atomic mass is 16.5. The van der Waals surface area contributed by atoms with Crippen molar-refractivity contribution in [3.05, 3.63) is 13.8 Å².